The lowest BCUT2D eigenvalue weighted by atomic mass is 10.1. The number of ether oxygens (including phenoxy) is 2. The molecular weight excluding hydrogens is 378 g/mol. The SMILES string of the molecule is Cc1ccc(C(=O)O)cc1OCc1cccc(OCc2ccc3ccccc3n2)c1. The Bertz CT molecular complexity index is 1200. The maximum absolute atomic E-state index is 11.2. The molecular formula is C25H21NO4. The van der Waals surface area contributed by atoms with Crippen LogP contribution in [-0.2, 0) is 13.2 Å². The van der Waals surface area contributed by atoms with Gasteiger partial charge >= 0.3 is 5.97 Å². The summed E-state index contributed by atoms with van der Waals surface area (Å²) in [6.45, 7) is 2.57. The number of pyridine rings is 1. The molecule has 5 nitrogen and oxygen atoms in total. The molecule has 0 aliphatic carbocycles. The molecule has 0 fully saturated rings. The maximum atomic E-state index is 11.2. The van der Waals surface area contributed by atoms with Crippen molar-refractivity contribution in [3.05, 3.63) is 101 Å². The Morgan fingerprint density at radius 1 is 0.900 bits per heavy atom. The molecule has 3 aromatic carbocycles. The van der Waals surface area contributed by atoms with Crippen LogP contribution in [0.5, 0.6) is 11.5 Å². The number of carboxylic acid groups (broad SMARTS) is 1. The molecule has 0 amide bonds. The van der Waals surface area contributed by atoms with Gasteiger partial charge in [-0.1, -0.05) is 42.5 Å². The van der Waals surface area contributed by atoms with Gasteiger partial charge in [-0.25, -0.2) is 9.78 Å². The Morgan fingerprint density at radius 3 is 2.63 bits per heavy atom. The molecule has 4 aromatic rings. The van der Waals surface area contributed by atoms with Crippen molar-refractivity contribution in [3.63, 3.8) is 0 Å². The van der Waals surface area contributed by atoms with Crippen LogP contribution in [0.4, 0.5) is 0 Å². The van der Waals surface area contributed by atoms with Gasteiger partial charge in [0, 0.05) is 5.39 Å². The lowest BCUT2D eigenvalue weighted by molar-refractivity contribution is 0.0696. The third-order valence-electron chi connectivity index (χ3n) is 4.77. The van der Waals surface area contributed by atoms with Crippen LogP contribution in [0.2, 0.25) is 0 Å². The fourth-order valence-corrected chi connectivity index (χ4v) is 3.12. The monoisotopic (exact) mass is 399 g/mol. The number of para-hydroxylation sites is 1. The second kappa shape index (κ2) is 8.66. The Morgan fingerprint density at radius 2 is 1.77 bits per heavy atom. The summed E-state index contributed by atoms with van der Waals surface area (Å²) in [5.74, 6) is 0.307. The van der Waals surface area contributed by atoms with Gasteiger partial charge in [-0.2, -0.15) is 0 Å². The number of aromatic carboxylic acids is 1. The van der Waals surface area contributed by atoms with Crippen LogP contribution in [0.15, 0.2) is 78.9 Å². The summed E-state index contributed by atoms with van der Waals surface area (Å²) in [5.41, 5.74) is 3.82. The third-order valence-corrected chi connectivity index (χ3v) is 4.77. The second-order valence-electron chi connectivity index (χ2n) is 7.01. The lowest BCUT2D eigenvalue weighted by Gasteiger charge is -2.11. The molecule has 1 aromatic heterocycles. The molecule has 0 spiro atoms. The Labute approximate surface area is 174 Å². The number of carbonyl (C=O) groups is 1. The van der Waals surface area contributed by atoms with Crippen LogP contribution in [-0.4, -0.2) is 16.1 Å². The van der Waals surface area contributed by atoms with E-state index in [1.807, 2.05) is 67.6 Å². The first-order chi connectivity index (χ1) is 14.6. The van der Waals surface area contributed by atoms with E-state index in [1.54, 1.807) is 18.2 Å². The minimum Gasteiger partial charge on any atom is -0.489 e. The van der Waals surface area contributed by atoms with Gasteiger partial charge in [0.05, 0.1) is 16.8 Å². The zero-order chi connectivity index (χ0) is 20.9. The van der Waals surface area contributed by atoms with Crippen molar-refractivity contribution in [3.8, 4) is 11.5 Å². The number of rotatable bonds is 7. The van der Waals surface area contributed by atoms with E-state index in [1.165, 1.54) is 0 Å². The average Bonchev–Trinajstić information content (AvgIpc) is 2.77. The molecule has 0 aliphatic rings. The number of hydrogen-bond donors (Lipinski definition) is 1. The molecule has 4 rings (SSSR count). The quantitative estimate of drug-likeness (QED) is 0.451. The van der Waals surface area contributed by atoms with E-state index < -0.39 is 5.97 Å². The van der Waals surface area contributed by atoms with Gasteiger partial charge in [-0.15, -0.1) is 0 Å². The van der Waals surface area contributed by atoms with E-state index in [-0.39, 0.29) is 5.56 Å². The molecule has 0 atom stereocenters. The van der Waals surface area contributed by atoms with E-state index in [9.17, 15) is 4.79 Å². The molecule has 150 valence electrons. The average molecular weight is 399 g/mol. The molecule has 0 saturated carbocycles. The summed E-state index contributed by atoms with van der Waals surface area (Å²) in [5, 5.41) is 10.3. The number of aromatic nitrogens is 1. The molecule has 5 heteroatoms. The Kier molecular flexibility index (Phi) is 5.61. The standard InChI is InChI=1S/C25H21NO4/c1-17-9-10-20(25(27)28)14-24(17)30-15-18-5-4-7-22(13-18)29-16-21-12-11-19-6-2-3-8-23(19)26-21/h2-14H,15-16H2,1H3,(H,27,28). The Balaban J connectivity index is 1.41. The number of fused-ring (bicyclic) bond motifs is 1. The predicted molar refractivity (Wildman–Crippen MR) is 115 cm³/mol. The summed E-state index contributed by atoms with van der Waals surface area (Å²) < 4.78 is 11.8. The van der Waals surface area contributed by atoms with Gasteiger partial charge in [0.1, 0.15) is 24.7 Å². The molecule has 0 bridgehead atoms. The van der Waals surface area contributed by atoms with Gasteiger partial charge in [0.2, 0.25) is 0 Å². The molecule has 1 N–H and O–H groups in total. The van der Waals surface area contributed by atoms with Crippen molar-refractivity contribution in [2.75, 3.05) is 0 Å². The van der Waals surface area contributed by atoms with Gasteiger partial charge in [0.25, 0.3) is 0 Å². The van der Waals surface area contributed by atoms with Crippen molar-refractivity contribution in [1.82, 2.24) is 4.98 Å². The van der Waals surface area contributed by atoms with Gasteiger partial charge in [-0.05, 0) is 54.4 Å². The second-order valence-corrected chi connectivity index (χ2v) is 7.01. The molecule has 0 radical (unpaired) electrons. The summed E-state index contributed by atoms with van der Waals surface area (Å²) >= 11 is 0. The Hall–Kier alpha value is -3.86. The largest absolute Gasteiger partial charge is 0.489 e. The van der Waals surface area contributed by atoms with Gasteiger partial charge in [0.15, 0.2) is 0 Å². The predicted octanol–water partition coefficient (Wildman–Crippen LogP) is 5.40. The molecule has 1 heterocycles. The number of hydrogen-bond acceptors (Lipinski definition) is 4. The first-order valence-corrected chi connectivity index (χ1v) is 9.62. The van der Waals surface area contributed by atoms with Crippen LogP contribution in [0, 0.1) is 6.92 Å². The minimum atomic E-state index is -0.974. The first-order valence-electron chi connectivity index (χ1n) is 9.62. The van der Waals surface area contributed by atoms with Crippen LogP contribution >= 0.6 is 0 Å². The van der Waals surface area contributed by atoms with Crippen molar-refractivity contribution in [2.24, 2.45) is 0 Å². The fraction of sp³-hybridized carbons (Fsp3) is 0.120. The number of carboxylic acids is 1. The van der Waals surface area contributed by atoms with Crippen molar-refractivity contribution >= 4 is 16.9 Å². The van der Waals surface area contributed by atoms with Crippen molar-refractivity contribution in [2.45, 2.75) is 20.1 Å². The summed E-state index contributed by atoms with van der Waals surface area (Å²) in [6.07, 6.45) is 0. The maximum Gasteiger partial charge on any atom is 0.335 e. The van der Waals surface area contributed by atoms with E-state index in [0.717, 1.165) is 33.5 Å². The zero-order valence-corrected chi connectivity index (χ0v) is 16.5. The lowest BCUT2D eigenvalue weighted by Crippen LogP contribution is -2.02. The smallest absolute Gasteiger partial charge is 0.335 e. The summed E-state index contributed by atoms with van der Waals surface area (Å²) in [4.78, 5) is 15.8. The minimum absolute atomic E-state index is 0.204. The first kappa shape index (κ1) is 19.5. The van der Waals surface area contributed by atoms with Crippen LogP contribution in [0.3, 0.4) is 0 Å². The fourth-order valence-electron chi connectivity index (χ4n) is 3.12. The van der Waals surface area contributed by atoms with Crippen LogP contribution in [0.1, 0.15) is 27.2 Å². The van der Waals surface area contributed by atoms with E-state index in [2.05, 4.69) is 4.98 Å². The van der Waals surface area contributed by atoms with Crippen LogP contribution < -0.4 is 9.47 Å². The van der Waals surface area contributed by atoms with Gasteiger partial charge < -0.3 is 14.6 Å². The van der Waals surface area contributed by atoms with E-state index in [4.69, 9.17) is 14.6 Å². The van der Waals surface area contributed by atoms with Crippen molar-refractivity contribution in [1.29, 1.82) is 0 Å². The highest BCUT2D eigenvalue weighted by Gasteiger charge is 2.08. The highest BCUT2D eigenvalue weighted by molar-refractivity contribution is 5.88. The highest BCUT2D eigenvalue weighted by atomic mass is 16.5. The normalized spacial score (nSPS) is 10.7. The number of nitrogens with zero attached hydrogens (tertiary/aromatic N) is 1. The third kappa shape index (κ3) is 4.58. The molecule has 0 unspecified atom stereocenters. The number of aryl methyl sites for hydroxylation is 1. The molecule has 0 aliphatic heterocycles. The van der Waals surface area contributed by atoms with Gasteiger partial charge in [-0.3, -0.25) is 0 Å². The highest BCUT2D eigenvalue weighted by Crippen LogP contribution is 2.22. The number of benzene rings is 3. The summed E-state index contributed by atoms with van der Waals surface area (Å²) in [7, 11) is 0. The zero-order valence-electron chi connectivity index (χ0n) is 16.5. The van der Waals surface area contributed by atoms with E-state index >= 15 is 0 Å². The van der Waals surface area contributed by atoms with Crippen molar-refractivity contribution < 1.29 is 19.4 Å². The molecule has 30 heavy (non-hydrogen) atoms. The van der Waals surface area contributed by atoms with Crippen LogP contribution in [0.25, 0.3) is 10.9 Å². The van der Waals surface area contributed by atoms with E-state index in [0.29, 0.717) is 19.0 Å². The molecule has 0 saturated heterocycles. The summed E-state index contributed by atoms with van der Waals surface area (Å²) in [6, 6.07) is 24.5. The topological polar surface area (TPSA) is 68.7 Å².